The topological polar surface area (TPSA) is 15.6 Å². The minimum absolute atomic E-state index is 0.254. The van der Waals surface area contributed by atoms with E-state index in [0.717, 1.165) is 12.4 Å². The van der Waals surface area contributed by atoms with Crippen LogP contribution < -0.4 is 0 Å². The van der Waals surface area contributed by atoms with Crippen LogP contribution >= 0.6 is 0 Å². The Kier molecular flexibility index (Phi) is 1.26. The van der Waals surface area contributed by atoms with E-state index in [1.54, 1.807) is 0 Å². The van der Waals surface area contributed by atoms with Gasteiger partial charge in [-0.15, -0.1) is 0 Å². The number of hydrogen-bond donors (Lipinski definition) is 0. The minimum atomic E-state index is 0.254. The maximum absolute atomic E-state index is 4.31. The van der Waals surface area contributed by atoms with Crippen molar-refractivity contribution in [2.75, 3.05) is 13.6 Å². The van der Waals surface area contributed by atoms with E-state index in [-0.39, 0.29) is 5.54 Å². The van der Waals surface area contributed by atoms with Crippen molar-refractivity contribution in [2.24, 2.45) is 4.99 Å². The smallest absolute Gasteiger partial charge is 0.0961 e. The molecular weight excluding hydrogens is 112 g/mol. The van der Waals surface area contributed by atoms with Gasteiger partial charge in [-0.3, -0.25) is 4.99 Å². The maximum Gasteiger partial charge on any atom is 0.0961 e. The van der Waals surface area contributed by atoms with E-state index in [4.69, 9.17) is 0 Å². The second kappa shape index (κ2) is 1.72. The van der Waals surface area contributed by atoms with Crippen molar-refractivity contribution in [1.82, 2.24) is 4.90 Å². The lowest BCUT2D eigenvalue weighted by Gasteiger charge is -2.28. The second-order valence-electron chi connectivity index (χ2n) is 3.23. The van der Waals surface area contributed by atoms with Crippen LogP contribution in [0.4, 0.5) is 0 Å². The third-order valence-electron chi connectivity index (χ3n) is 2.09. The van der Waals surface area contributed by atoms with Gasteiger partial charge in [0.05, 0.1) is 17.9 Å². The van der Waals surface area contributed by atoms with Crippen LogP contribution in [0.5, 0.6) is 0 Å². The Labute approximate surface area is 56.6 Å². The number of amidine groups is 1. The maximum atomic E-state index is 4.31. The molecule has 0 saturated heterocycles. The Morgan fingerprint density at radius 3 is 2.22 bits per heavy atom. The van der Waals surface area contributed by atoms with Gasteiger partial charge in [0.15, 0.2) is 0 Å². The molecule has 0 radical (unpaired) electrons. The van der Waals surface area contributed by atoms with Crippen molar-refractivity contribution >= 4 is 5.84 Å². The summed E-state index contributed by atoms with van der Waals surface area (Å²) in [5.74, 6) is 1.15. The first-order chi connectivity index (χ1) is 4.04. The van der Waals surface area contributed by atoms with Crippen molar-refractivity contribution < 1.29 is 0 Å². The first-order valence-corrected chi connectivity index (χ1v) is 3.29. The summed E-state index contributed by atoms with van der Waals surface area (Å²) in [6.45, 7) is 7.39. The minimum Gasteiger partial charge on any atom is -0.357 e. The SMILES string of the molecule is CC1=NCC(C)(C)N1C. The zero-order chi connectivity index (χ0) is 7.07. The van der Waals surface area contributed by atoms with Gasteiger partial charge in [-0.1, -0.05) is 0 Å². The van der Waals surface area contributed by atoms with Gasteiger partial charge < -0.3 is 4.90 Å². The summed E-state index contributed by atoms with van der Waals surface area (Å²) in [5, 5.41) is 0. The molecule has 0 aromatic heterocycles. The van der Waals surface area contributed by atoms with Crippen LogP contribution in [0.1, 0.15) is 20.8 Å². The molecule has 2 nitrogen and oxygen atoms in total. The summed E-state index contributed by atoms with van der Waals surface area (Å²) in [5.41, 5.74) is 0.254. The van der Waals surface area contributed by atoms with Gasteiger partial charge in [0, 0.05) is 7.05 Å². The highest BCUT2D eigenvalue weighted by molar-refractivity contribution is 5.82. The molecule has 0 fully saturated rings. The Morgan fingerprint density at radius 1 is 1.56 bits per heavy atom. The normalized spacial score (nSPS) is 24.4. The fourth-order valence-corrected chi connectivity index (χ4v) is 0.958. The van der Waals surface area contributed by atoms with Crippen LogP contribution in [0.15, 0.2) is 4.99 Å². The zero-order valence-corrected chi connectivity index (χ0v) is 6.60. The van der Waals surface area contributed by atoms with E-state index in [2.05, 4.69) is 37.7 Å². The molecule has 0 aromatic carbocycles. The van der Waals surface area contributed by atoms with E-state index in [9.17, 15) is 0 Å². The van der Waals surface area contributed by atoms with Crippen LogP contribution in [-0.4, -0.2) is 29.9 Å². The molecular formula is C7H14N2. The highest BCUT2D eigenvalue weighted by atomic mass is 15.3. The van der Waals surface area contributed by atoms with Crippen LogP contribution in [-0.2, 0) is 0 Å². The van der Waals surface area contributed by atoms with Gasteiger partial charge in [-0.2, -0.15) is 0 Å². The zero-order valence-electron chi connectivity index (χ0n) is 6.60. The predicted octanol–water partition coefficient (Wildman–Crippen LogP) is 1.13. The van der Waals surface area contributed by atoms with Gasteiger partial charge in [0.1, 0.15) is 0 Å². The monoisotopic (exact) mass is 126 g/mol. The standard InChI is InChI=1S/C7H14N2/c1-6-8-5-7(2,3)9(6)4/h5H2,1-4H3. The van der Waals surface area contributed by atoms with Crippen LogP contribution in [0, 0.1) is 0 Å². The Hall–Kier alpha value is -0.530. The molecule has 0 aromatic rings. The van der Waals surface area contributed by atoms with Gasteiger partial charge in [0.2, 0.25) is 0 Å². The van der Waals surface area contributed by atoms with E-state index in [1.165, 1.54) is 0 Å². The Balaban J connectivity index is 2.73. The molecule has 0 unspecified atom stereocenters. The molecule has 52 valence electrons. The second-order valence-corrected chi connectivity index (χ2v) is 3.23. The van der Waals surface area contributed by atoms with Crippen molar-refractivity contribution in [1.29, 1.82) is 0 Å². The van der Waals surface area contributed by atoms with Crippen LogP contribution in [0.25, 0.3) is 0 Å². The molecule has 1 aliphatic heterocycles. The average Bonchev–Trinajstić information content (AvgIpc) is 1.97. The lowest BCUT2D eigenvalue weighted by molar-refractivity contribution is 0.291. The molecule has 0 aliphatic carbocycles. The largest absolute Gasteiger partial charge is 0.357 e. The quantitative estimate of drug-likeness (QED) is 0.475. The van der Waals surface area contributed by atoms with Gasteiger partial charge >= 0.3 is 0 Å². The van der Waals surface area contributed by atoms with Crippen LogP contribution in [0.3, 0.4) is 0 Å². The van der Waals surface area contributed by atoms with Gasteiger partial charge in [-0.25, -0.2) is 0 Å². The molecule has 1 rings (SSSR count). The Bertz CT molecular complexity index is 147. The fourth-order valence-electron chi connectivity index (χ4n) is 0.958. The number of likely N-dealkylation sites (N-methyl/N-ethyl adjacent to an activating group) is 1. The highest BCUT2D eigenvalue weighted by Crippen LogP contribution is 2.18. The molecule has 9 heavy (non-hydrogen) atoms. The average molecular weight is 126 g/mol. The third kappa shape index (κ3) is 0.934. The predicted molar refractivity (Wildman–Crippen MR) is 39.8 cm³/mol. The number of hydrogen-bond acceptors (Lipinski definition) is 2. The molecule has 0 spiro atoms. The van der Waals surface area contributed by atoms with Crippen molar-refractivity contribution in [3.05, 3.63) is 0 Å². The number of aliphatic imine (C=N–C) groups is 1. The van der Waals surface area contributed by atoms with E-state index in [1.807, 2.05) is 0 Å². The molecule has 1 aliphatic rings. The van der Waals surface area contributed by atoms with Crippen molar-refractivity contribution in [3.8, 4) is 0 Å². The summed E-state index contributed by atoms with van der Waals surface area (Å²) in [6, 6.07) is 0. The summed E-state index contributed by atoms with van der Waals surface area (Å²) in [4.78, 5) is 6.53. The first kappa shape index (κ1) is 6.59. The molecule has 0 N–H and O–H groups in total. The molecule has 1 heterocycles. The van der Waals surface area contributed by atoms with Crippen molar-refractivity contribution in [2.45, 2.75) is 26.3 Å². The molecule has 0 bridgehead atoms. The lowest BCUT2D eigenvalue weighted by Crippen LogP contribution is -2.40. The Morgan fingerprint density at radius 2 is 2.11 bits per heavy atom. The number of nitrogens with zero attached hydrogens (tertiary/aromatic N) is 2. The lowest BCUT2D eigenvalue weighted by atomic mass is 10.1. The first-order valence-electron chi connectivity index (χ1n) is 3.29. The van der Waals surface area contributed by atoms with Crippen molar-refractivity contribution in [3.63, 3.8) is 0 Å². The molecule has 0 atom stereocenters. The summed E-state index contributed by atoms with van der Waals surface area (Å²) >= 11 is 0. The van der Waals surface area contributed by atoms with Crippen LogP contribution in [0.2, 0.25) is 0 Å². The third-order valence-corrected chi connectivity index (χ3v) is 2.09. The van der Waals surface area contributed by atoms with E-state index in [0.29, 0.717) is 0 Å². The molecule has 0 amide bonds. The highest BCUT2D eigenvalue weighted by Gasteiger charge is 2.28. The van der Waals surface area contributed by atoms with E-state index >= 15 is 0 Å². The van der Waals surface area contributed by atoms with E-state index < -0.39 is 0 Å². The van der Waals surface area contributed by atoms with Gasteiger partial charge in [-0.05, 0) is 20.8 Å². The molecule has 2 heteroatoms. The summed E-state index contributed by atoms with van der Waals surface area (Å²) in [7, 11) is 2.09. The van der Waals surface area contributed by atoms with Gasteiger partial charge in [0.25, 0.3) is 0 Å². The summed E-state index contributed by atoms with van der Waals surface area (Å²) in [6.07, 6.45) is 0. The molecule has 0 saturated carbocycles. The fraction of sp³-hybridized carbons (Fsp3) is 0.857. The number of rotatable bonds is 0. The summed E-state index contributed by atoms with van der Waals surface area (Å²) < 4.78 is 0.